The van der Waals surface area contributed by atoms with Gasteiger partial charge in [0.15, 0.2) is 0 Å². The molecule has 4 nitrogen and oxygen atoms in total. The molecule has 2 aromatic carbocycles. The largest absolute Gasteiger partial charge is 0.456 e. The maximum absolute atomic E-state index is 12.6. The van der Waals surface area contributed by atoms with Crippen LogP contribution in [-0.2, 0) is 13.6 Å². The molecule has 20 heavy (non-hydrogen) atoms. The van der Waals surface area contributed by atoms with E-state index in [0.717, 1.165) is 16.4 Å². The third-order valence-corrected chi connectivity index (χ3v) is 5.21. The van der Waals surface area contributed by atoms with E-state index >= 15 is 0 Å². The number of hydrogen-bond donors (Lipinski definition) is 0. The molecule has 1 heterocycles. The van der Waals surface area contributed by atoms with E-state index in [1.807, 2.05) is 30.3 Å². The summed E-state index contributed by atoms with van der Waals surface area (Å²) in [6.45, 7) is 2.11. The van der Waals surface area contributed by atoms with Crippen molar-refractivity contribution in [1.29, 1.82) is 0 Å². The molecule has 0 spiro atoms. The molecule has 0 radical (unpaired) electrons. The molecule has 1 atom stereocenters. The number of para-hydroxylation sites is 1. The molecule has 0 aliphatic heterocycles. The predicted molar refractivity (Wildman–Crippen MR) is 79.6 cm³/mol. The van der Waals surface area contributed by atoms with E-state index in [-0.39, 0.29) is 0 Å². The zero-order valence-corrected chi connectivity index (χ0v) is 12.2. The van der Waals surface area contributed by atoms with Crippen molar-refractivity contribution in [3.63, 3.8) is 0 Å². The van der Waals surface area contributed by atoms with E-state index in [1.54, 1.807) is 19.1 Å². The lowest BCUT2D eigenvalue weighted by atomic mass is 10.2. The van der Waals surface area contributed by atoms with Crippen LogP contribution in [0.25, 0.3) is 21.9 Å². The molecular formula is C15H15O4P. The smallest absolute Gasteiger partial charge is 0.361 e. The molecule has 0 aliphatic carbocycles. The molecule has 0 N–H and O–H groups in total. The molecule has 1 unspecified atom stereocenters. The van der Waals surface area contributed by atoms with E-state index in [4.69, 9.17) is 13.5 Å². The lowest BCUT2D eigenvalue weighted by Gasteiger charge is -2.15. The number of benzene rings is 2. The fourth-order valence-corrected chi connectivity index (χ4v) is 3.63. The maximum atomic E-state index is 12.6. The molecule has 0 saturated heterocycles. The first-order chi connectivity index (χ1) is 9.68. The van der Waals surface area contributed by atoms with Crippen LogP contribution in [0.1, 0.15) is 6.92 Å². The molecule has 0 bridgehead atoms. The van der Waals surface area contributed by atoms with Crippen LogP contribution in [0.2, 0.25) is 0 Å². The Morgan fingerprint density at radius 2 is 1.85 bits per heavy atom. The van der Waals surface area contributed by atoms with Crippen molar-refractivity contribution < 1.29 is 18.0 Å². The Bertz CT molecular complexity index is 806. The maximum Gasteiger partial charge on any atom is 0.361 e. The van der Waals surface area contributed by atoms with Crippen molar-refractivity contribution in [3.8, 4) is 0 Å². The predicted octanol–water partition coefficient (Wildman–Crippen LogP) is 4.09. The second-order valence-electron chi connectivity index (χ2n) is 4.38. The summed E-state index contributed by atoms with van der Waals surface area (Å²) in [6, 6.07) is 13.2. The van der Waals surface area contributed by atoms with Gasteiger partial charge in [0.25, 0.3) is 0 Å². The van der Waals surface area contributed by atoms with Crippen LogP contribution >= 0.6 is 7.60 Å². The molecule has 0 amide bonds. The van der Waals surface area contributed by atoms with Gasteiger partial charge in [0.05, 0.1) is 11.9 Å². The van der Waals surface area contributed by atoms with Gasteiger partial charge in [-0.15, -0.1) is 0 Å². The van der Waals surface area contributed by atoms with Gasteiger partial charge in [0.1, 0.15) is 11.2 Å². The number of hydrogen-bond acceptors (Lipinski definition) is 4. The number of furan rings is 1. The van der Waals surface area contributed by atoms with Crippen LogP contribution in [0.3, 0.4) is 0 Å². The Labute approximate surface area is 116 Å². The van der Waals surface area contributed by atoms with Crippen molar-refractivity contribution in [1.82, 2.24) is 0 Å². The fraction of sp³-hybridized carbons (Fsp3) is 0.200. The van der Waals surface area contributed by atoms with Crippen molar-refractivity contribution in [2.45, 2.75) is 6.92 Å². The topological polar surface area (TPSA) is 48.7 Å². The van der Waals surface area contributed by atoms with Crippen LogP contribution in [0, 0.1) is 0 Å². The van der Waals surface area contributed by atoms with E-state index in [2.05, 4.69) is 0 Å². The van der Waals surface area contributed by atoms with Crippen molar-refractivity contribution in [2.24, 2.45) is 0 Å². The van der Waals surface area contributed by atoms with Gasteiger partial charge >= 0.3 is 7.60 Å². The third kappa shape index (κ3) is 2.06. The van der Waals surface area contributed by atoms with Crippen LogP contribution in [0.5, 0.6) is 0 Å². The molecule has 0 fully saturated rings. The zero-order valence-electron chi connectivity index (χ0n) is 11.3. The standard InChI is InChI=1S/C15H15O4P/c1-3-18-20(16,17-2)11-8-9-13-12-6-4-5-7-14(12)19-15(13)10-11/h4-10H,3H2,1-2H3. The fourth-order valence-electron chi connectivity index (χ4n) is 2.29. The highest BCUT2D eigenvalue weighted by atomic mass is 31.2. The van der Waals surface area contributed by atoms with E-state index < -0.39 is 7.60 Å². The van der Waals surface area contributed by atoms with Gasteiger partial charge in [-0.1, -0.05) is 18.2 Å². The van der Waals surface area contributed by atoms with Crippen LogP contribution in [0.15, 0.2) is 46.9 Å². The van der Waals surface area contributed by atoms with E-state index in [1.165, 1.54) is 7.11 Å². The Kier molecular flexibility index (Phi) is 3.38. The Balaban J connectivity index is 2.20. The van der Waals surface area contributed by atoms with E-state index in [9.17, 15) is 4.57 Å². The zero-order chi connectivity index (χ0) is 14.2. The minimum Gasteiger partial charge on any atom is -0.456 e. The molecule has 1 aromatic heterocycles. The van der Waals surface area contributed by atoms with Gasteiger partial charge in [-0.25, -0.2) is 0 Å². The first kappa shape index (κ1) is 13.4. The summed E-state index contributed by atoms with van der Waals surface area (Å²) < 4.78 is 28.7. The molecule has 3 rings (SSSR count). The van der Waals surface area contributed by atoms with E-state index in [0.29, 0.717) is 17.5 Å². The minimum absolute atomic E-state index is 0.323. The summed E-state index contributed by atoms with van der Waals surface area (Å²) in [5, 5.41) is 2.54. The second-order valence-corrected chi connectivity index (χ2v) is 6.51. The van der Waals surface area contributed by atoms with Gasteiger partial charge in [-0.3, -0.25) is 4.57 Å². The number of rotatable bonds is 4. The van der Waals surface area contributed by atoms with Gasteiger partial charge in [-0.2, -0.15) is 0 Å². The molecule has 0 aliphatic rings. The van der Waals surface area contributed by atoms with Crippen molar-refractivity contribution in [3.05, 3.63) is 42.5 Å². The SMILES string of the molecule is CCOP(=O)(OC)c1ccc2c(c1)oc1ccccc12. The minimum atomic E-state index is -3.26. The average molecular weight is 290 g/mol. The summed E-state index contributed by atoms with van der Waals surface area (Å²) in [6.07, 6.45) is 0. The van der Waals surface area contributed by atoms with Crippen LogP contribution < -0.4 is 5.30 Å². The van der Waals surface area contributed by atoms with Crippen molar-refractivity contribution >= 4 is 34.8 Å². The summed E-state index contributed by atoms with van der Waals surface area (Å²) in [5.41, 5.74) is 1.49. The average Bonchev–Trinajstić information content (AvgIpc) is 2.85. The monoisotopic (exact) mass is 290 g/mol. The van der Waals surface area contributed by atoms with Crippen molar-refractivity contribution in [2.75, 3.05) is 13.7 Å². The van der Waals surface area contributed by atoms with Gasteiger partial charge in [0.2, 0.25) is 0 Å². The quantitative estimate of drug-likeness (QED) is 0.679. The van der Waals surface area contributed by atoms with Gasteiger partial charge in [-0.05, 0) is 31.2 Å². The summed E-state index contributed by atoms with van der Waals surface area (Å²) in [4.78, 5) is 0. The second kappa shape index (κ2) is 5.06. The summed E-state index contributed by atoms with van der Waals surface area (Å²) >= 11 is 0. The molecule has 3 aromatic rings. The highest BCUT2D eigenvalue weighted by Gasteiger charge is 2.26. The van der Waals surface area contributed by atoms with Gasteiger partial charge < -0.3 is 13.5 Å². The summed E-state index contributed by atoms with van der Waals surface area (Å²) in [5.74, 6) is 0. The third-order valence-electron chi connectivity index (χ3n) is 3.22. The van der Waals surface area contributed by atoms with Gasteiger partial charge in [0, 0.05) is 17.9 Å². The molecule has 0 saturated carbocycles. The normalized spacial score (nSPS) is 14.7. The van der Waals surface area contributed by atoms with Crippen LogP contribution in [0.4, 0.5) is 0 Å². The molecule has 5 heteroatoms. The van der Waals surface area contributed by atoms with Crippen LogP contribution in [-0.4, -0.2) is 13.7 Å². The first-order valence-corrected chi connectivity index (χ1v) is 7.94. The highest BCUT2D eigenvalue weighted by molar-refractivity contribution is 7.62. The Hall–Kier alpha value is -1.61. The molecular weight excluding hydrogens is 275 g/mol. The lowest BCUT2D eigenvalue weighted by Crippen LogP contribution is -2.08. The lowest BCUT2D eigenvalue weighted by molar-refractivity contribution is 0.254. The highest BCUT2D eigenvalue weighted by Crippen LogP contribution is 2.46. The Morgan fingerprint density at radius 3 is 2.60 bits per heavy atom. The summed E-state index contributed by atoms with van der Waals surface area (Å²) in [7, 11) is -1.87. The first-order valence-electron chi connectivity index (χ1n) is 6.40. The molecule has 104 valence electrons. The number of fused-ring (bicyclic) bond motifs is 3. The Morgan fingerprint density at radius 1 is 1.10 bits per heavy atom.